The maximum absolute atomic E-state index is 4.32. The van der Waals surface area contributed by atoms with Crippen LogP contribution in [0.2, 0.25) is 0 Å². The van der Waals surface area contributed by atoms with Gasteiger partial charge in [-0.05, 0) is 33.1 Å². The van der Waals surface area contributed by atoms with Crippen LogP contribution in [-0.2, 0) is 0 Å². The van der Waals surface area contributed by atoms with Gasteiger partial charge >= 0.3 is 0 Å². The van der Waals surface area contributed by atoms with Crippen LogP contribution in [-0.4, -0.2) is 86.7 Å². The second-order valence-corrected chi connectivity index (χ2v) is 8.49. The van der Waals surface area contributed by atoms with Gasteiger partial charge in [0, 0.05) is 57.6 Å². The summed E-state index contributed by atoms with van der Waals surface area (Å²) in [6, 6.07) is 0. The van der Waals surface area contributed by atoms with Crippen LogP contribution < -0.4 is 10.6 Å². The fraction of sp³-hybridized carbons (Fsp3) is 0.938. The van der Waals surface area contributed by atoms with E-state index in [1.807, 2.05) is 18.8 Å². The molecule has 1 atom stereocenters. The summed E-state index contributed by atoms with van der Waals surface area (Å²) in [7, 11) is 4.04. The number of likely N-dealkylation sites (N-methyl/N-ethyl adjacent to an activating group) is 1. The van der Waals surface area contributed by atoms with Crippen molar-refractivity contribution in [3.8, 4) is 0 Å². The fourth-order valence-corrected chi connectivity index (χ4v) is 2.61. The molecule has 1 aliphatic rings. The Balaban J connectivity index is 2.25. The normalized spacial score (nSPS) is 20.0. The van der Waals surface area contributed by atoms with Crippen LogP contribution in [0.15, 0.2) is 4.99 Å². The molecule has 0 radical (unpaired) electrons. The zero-order valence-corrected chi connectivity index (χ0v) is 16.1. The first-order chi connectivity index (χ1) is 10.4. The average Bonchev–Trinajstić information content (AvgIpc) is 2.50. The molecule has 130 valence electrons. The molecule has 1 heterocycles. The lowest BCUT2D eigenvalue weighted by Gasteiger charge is -2.34. The van der Waals surface area contributed by atoms with E-state index in [-0.39, 0.29) is 4.75 Å². The third kappa shape index (κ3) is 7.70. The van der Waals surface area contributed by atoms with E-state index in [9.17, 15) is 0 Å². The van der Waals surface area contributed by atoms with Crippen molar-refractivity contribution in [1.82, 2.24) is 20.4 Å². The highest BCUT2D eigenvalue weighted by atomic mass is 32.2. The highest BCUT2D eigenvalue weighted by Crippen LogP contribution is 2.19. The Hall–Kier alpha value is -0.460. The summed E-state index contributed by atoms with van der Waals surface area (Å²) in [6.45, 7) is 14.6. The lowest BCUT2D eigenvalue weighted by molar-refractivity contribution is 0.139. The zero-order valence-electron chi connectivity index (χ0n) is 15.3. The maximum atomic E-state index is 4.32. The van der Waals surface area contributed by atoms with Gasteiger partial charge < -0.3 is 20.4 Å². The molecule has 2 N–H and O–H groups in total. The number of nitrogens with one attached hydrogen (secondary N) is 2. The van der Waals surface area contributed by atoms with E-state index >= 15 is 0 Å². The van der Waals surface area contributed by atoms with Crippen molar-refractivity contribution in [2.24, 2.45) is 10.9 Å². The van der Waals surface area contributed by atoms with Gasteiger partial charge in [0.2, 0.25) is 0 Å². The molecule has 0 aromatic carbocycles. The van der Waals surface area contributed by atoms with E-state index in [1.54, 1.807) is 0 Å². The lowest BCUT2D eigenvalue weighted by atomic mass is 10.1. The molecular weight excluding hydrogens is 294 g/mol. The van der Waals surface area contributed by atoms with Crippen LogP contribution in [0.3, 0.4) is 0 Å². The molecule has 5 nitrogen and oxygen atoms in total. The number of rotatable bonds is 7. The number of aliphatic imine (C=N–C) groups is 1. The Morgan fingerprint density at radius 2 is 1.86 bits per heavy atom. The minimum Gasteiger partial charge on any atom is -0.356 e. The molecule has 1 rings (SSSR count). The Morgan fingerprint density at radius 3 is 2.41 bits per heavy atom. The molecule has 0 aliphatic carbocycles. The van der Waals surface area contributed by atoms with E-state index in [2.05, 4.69) is 59.5 Å². The van der Waals surface area contributed by atoms with E-state index in [0.29, 0.717) is 5.92 Å². The largest absolute Gasteiger partial charge is 0.356 e. The third-order valence-electron chi connectivity index (χ3n) is 4.24. The molecular formula is C16H35N5S. The number of piperazine rings is 1. The number of hydrogen-bond acceptors (Lipinski definition) is 4. The van der Waals surface area contributed by atoms with E-state index in [1.165, 1.54) is 26.2 Å². The quantitative estimate of drug-likeness (QED) is 0.542. The summed E-state index contributed by atoms with van der Waals surface area (Å²) in [5.41, 5.74) is 0. The first-order valence-corrected chi connectivity index (χ1v) is 9.49. The molecule has 0 spiro atoms. The van der Waals surface area contributed by atoms with Crippen molar-refractivity contribution in [2.75, 3.05) is 66.2 Å². The van der Waals surface area contributed by atoms with Gasteiger partial charge in [-0.15, -0.1) is 0 Å². The van der Waals surface area contributed by atoms with Gasteiger partial charge in [0.25, 0.3) is 0 Å². The van der Waals surface area contributed by atoms with Crippen molar-refractivity contribution in [2.45, 2.75) is 25.5 Å². The summed E-state index contributed by atoms with van der Waals surface area (Å²) in [4.78, 5) is 9.29. The summed E-state index contributed by atoms with van der Waals surface area (Å²) >= 11 is 1.87. The van der Waals surface area contributed by atoms with Gasteiger partial charge in [-0.2, -0.15) is 11.8 Å². The van der Waals surface area contributed by atoms with E-state index in [0.717, 1.165) is 25.6 Å². The van der Waals surface area contributed by atoms with Gasteiger partial charge in [0.05, 0.1) is 0 Å². The first kappa shape index (κ1) is 19.6. The zero-order chi connectivity index (χ0) is 16.6. The maximum Gasteiger partial charge on any atom is 0.191 e. The molecule has 1 aliphatic heterocycles. The molecule has 0 bridgehead atoms. The second-order valence-electron chi connectivity index (χ2n) is 6.98. The minimum absolute atomic E-state index is 0.225. The molecule has 6 heteroatoms. The number of hydrogen-bond donors (Lipinski definition) is 2. The summed E-state index contributed by atoms with van der Waals surface area (Å²) in [6.07, 6.45) is 2.15. The fourth-order valence-electron chi connectivity index (χ4n) is 2.40. The highest BCUT2D eigenvalue weighted by molar-refractivity contribution is 7.99. The Kier molecular flexibility index (Phi) is 8.57. The smallest absolute Gasteiger partial charge is 0.191 e. The van der Waals surface area contributed by atoms with Crippen LogP contribution >= 0.6 is 11.8 Å². The van der Waals surface area contributed by atoms with E-state index in [4.69, 9.17) is 0 Å². The monoisotopic (exact) mass is 329 g/mol. The second kappa shape index (κ2) is 9.63. The Morgan fingerprint density at radius 1 is 1.23 bits per heavy atom. The summed E-state index contributed by atoms with van der Waals surface area (Å²) in [5, 5.41) is 6.88. The van der Waals surface area contributed by atoms with Crippen molar-refractivity contribution in [3.63, 3.8) is 0 Å². The van der Waals surface area contributed by atoms with Gasteiger partial charge in [-0.3, -0.25) is 4.99 Å². The summed E-state index contributed by atoms with van der Waals surface area (Å²) in [5.74, 6) is 1.53. The molecule has 1 saturated heterocycles. The predicted octanol–water partition coefficient (Wildman–Crippen LogP) is 1.18. The molecule has 0 aromatic rings. The van der Waals surface area contributed by atoms with Crippen LogP contribution in [0.1, 0.15) is 20.8 Å². The third-order valence-corrected chi connectivity index (χ3v) is 5.49. The molecule has 22 heavy (non-hydrogen) atoms. The van der Waals surface area contributed by atoms with Crippen molar-refractivity contribution < 1.29 is 0 Å². The highest BCUT2D eigenvalue weighted by Gasteiger charge is 2.18. The average molecular weight is 330 g/mol. The van der Waals surface area contributed by atoms with Crippen molar-refractivity contribution in [1.29, 1.82) is 0 Å². The first-order valence-electron chi connectivity index (χ1n) is 8.27. The van der Waals surface area contributed by atoms with Crippen molar-refractivity contribution in [3.05, 3.63) is 0 Å². The van der Waals surface area contributed by atoms with Crippen LogP contribution in [0.25, 0.3) is 0 Å². The van der Waals surface area contributed by atoms with Crippen LogP contribution in [0.5, 0.6) is 0 Å². The number of nitrogens with zero attached hydrogens (tertiary/aromatic N) is 3. The standard InChI is InChI=1S/C16H35N5S/c1-14(12-21-9-7-20(5)8-10-21)11-18-15(17-4)19-13-16(2,3)22-6/h14H,7-13H2,1-6H3,(H2,17,18,19). The SMILES string of the molecule is CN=C(NCC(C)CN1CCN(C)CC1)NCC(C)(C)SC. The molecule has 1 unspecified atom stereocenters. The molecule has 0 amide bonds. The van der Waals surface area contributed by atoms with E-state index < -0.39 is 0 Å². The molecule has 0 aromatic heterocycles. The van der Waals surface area contributed by atoms with Crippen molar-refractivity contribution >= 4 is 17.7 Å². The van der Waals surface area contributed by atoms with Gasteiger partial charge in [-0.25, -0.2) is 0 Å². The summed E-state index contributed by atoms with van der Waals surface area (Å²) < 4.78 is 0.225. The Labute approximate surface area is 141 Å². The lowest BCUT2D eigenvalue weighted by Crippen LogP contribution is -2.48. The predicted molar refractivity (Wildman–Crippen MR) is 100 cm³/mol. The van der Waals surface area contributed by atoms with Crippen LogP contribution in [0, 0.1) is 5.92 Å². The Bertz CT molecular complexity index is 337. The van der Waals surface area contributed by atoms with Crippen LogP contribution in [0.4, 0.5) is 0 Å². The van der Waals surface area contributed by atoms with Gasteiger partial charge in [0.1, 0.15) is 0 Å². The number of guanidine groups is 1. The van der Waals surface area contributed by atoms with Gasteiger partial charge in [0.15, 0.2) is 5.96 Å². The number of thioether (sulfide) groups is 1. The molecule has 0 saturated carbocycles. The topological polar surface area (TPSA) is 42.9 Å². The molecule has 1 fully saturated rings. The van der Waals surface area contributed by atoms with Gasteiger partial charge in [-0.1, -0.05) is 6.92 Å². The minimum atomic E-state index is 0.225.